The number of piperazine rings is 1. The van der Waals surface area contributed by atoms with Crippen molar-refractivity contribution in [2.24, 2.45) is 5.92 Å². The number of nitrogens with zero attached hydrogens (tertiary/aromatic N) is 2. The summed E-state index contributed by atoms with van der Waals surface area (Å²) in [6, 6.07) is 3.91. The van der Waals surface area contributed by atoms with Gasteiger partial charge in [0, 0.05) is 23.7 Å². The Morgan fingerprint density at radius 1 is 1.39 bits per heavy atom. The number of aromatic nitrogens is 1. The lowest BCUT2D eigenvalue weighted by atomic mass is 9.89. The molecule has 1 aromatic heterocycles. The van der Waals surface area contributed by atoms with Crippen LogP contribution in [0.2, 0.25) is 0 Å². The van der Waals surface area contributed by atoms with Gasteiger partial charge in [-0.25, -0.2) is 4.39 Å². The highest BCUT2D eigenvalue weighted by molar-refractivity contribution is 5.99. The summed E-state index contributed by atoms with van der Waals surface area (Å²) in [5.41, 5.74) is 2.62. The first-order chi connectivity index (χ1) is 13.3. The SMILES string of the molecule is CC(C)CC1CN(C(=O)c2noc3c2CCc2cc(F)ccc2-3)C(C)C(=O)N1. The lowest BCUT2D eigenvalue weighted by Gasteiger charge is -2.38. The smallest absolute Gasteiger partial charge is 0.277 e. The van der Waals surface area contributed by atoms with Crippen molar-refractivity contribution in [1.82, 2.24) is 15.4 Å². The minimum Gasteiger partial charge on any atom is -0.355 e. The Balaban J connectivity index is 1.64. The summed E-state index contributed by atoms with van der Waals surface area (Å²) in [5.74, 6) is 0.210. The third kappa shape index (κ3) is 3.19. The second-order valence-electron chi connectivity index (χ2n) is 8.11. The number of hydrogen-bond donors (Lipinski definition) is 1. The van der Waals surface area contributed by atoms with Crippen molar-refractivity contribution in [1.29, 1.82) is 0 Å². The molecule has 2 unspecified atom stereocenters. The van der Waals surface area contributed by atoms with E-state index in [4.69, 9.17) is 4.52 Å². The second-order valence-corrected chi connectivity index (χ2v) is 8.11. The predicted molar refractivity (Wildman–Crippen MR) is 101 cm³/mol. The standard InChI is InChI=1S/C21H24FN3O3/c1-11(2)8-15-10-25(12(3)20(26)23-15)21(27)18-17-6-4-13-9-14(22)5-7-16(13)19(17)28-24-18/h5,7,9,11-12,15H,4,6,8,10H2,1-3H3,(H,23,26). The van der Waals surface area contributed by atoms with Crippen molar-refractivity contribution in [3.05, 3.63) is 40.8 Å². The molecule has 7 heteroatoms. The quantitative estimate of drug-likeness (QED) is 0.881. The van der Waals surface area contributed by atoms with Gasteiger partial charge >= 0.3 is 0 Å². The summed E-state index contributed by atoms with van der Waals surface area (Å²) in [4.78, 5) is 27.2. The molecule has 0 radical (unpaired) electrons. The molecule has 1 aliphatic carbocycles. The summed E-state index contributed by atoms with van der Waals surface area (Å²) < 4.78 is 19.0. The Hall–Kier alpha value is -2.70. The lowest BCUT2D eigenvalue weighted by molar-refractivity contribution is -0.128. The van der Waals surface area contributed by atoms with Gasteiger partial charge < -0.3 is 14.7 Å². The normalized spacial score (nSPS) is 21.3. The molecule has 2 heterocycles. The molecule has 4 rings (SSSR count). The monoisotopic (exact) mass is 385 g/mol. The largest absolute Gasteiger partial charge is 0.355 e. The maximum absolute atomic E-state index is 13.5. The van der Waals surface area contributed by atoms with E-state index < -0.39 is 6.04 Å². The Morgan fingerprint density at radius 3 is 2.93 bits per heavy atom. The fourth-order valence-corrected chi connectivity index (χ4v) is 4.17. The van der Waals surface area contributed by atoms with Gasteiger partial charge in [-0.05, 0) is 55.9 Å². The van der Waals surface area contributed by atoms with Crippen molar-refractivity contribution in [3.63, 3.8) is 0 Å². The van der Waals surface area contributed by atoms with Crippen LogP contribution in [0.5, 0.6) is 0 Å². The molecule has 0 bridgehead atoms. The van der Waals surface area contributed by atoms with Gasteiger partial charge in [-0.3, -0.25) is 9.59 Å². The molecule has 1 saturated heterocycles. The Morgan fingerprint density at radius 2 is 2.18 bits per heavy atom. The number of halogens is 1. The highest BCUT2D eigenvalue weighted by Crippen LogP contribution is 2.36. The van der Waals surface area contributed by atoms with Crippen LogP contribution in [-0.4, -0.2) is 40.5 Å². The average Bonchev–Trinajstić information content (AvgIpc) is 3.07. The molecule has 2 atom stereocenters. The van der Waals surface area contributed by atoms with Gasteiger partial charge in [-0.2, -0.15) is 0 Å². The Bertz CT molecular complexity index is 937. The van der Waals surface area contributed by atoms with Gasteiger partial charge in [0.05, 0.1) is 0 Å². The van der Waals surface area contributed by atoms with Crippen LogP contribution in [-0.2, 0) is 17.6 Å². The first-order valence-electron chi connectivity index (χ1n) is 9.73. The van der Waals surface area contributed by atoms with E-state index in [2.05, 4.69) is 24.3 Å². The number of fused-ring (bicyclic) bond motifs is 3. The molecule has 0 saturated carbocycles. The van der Waals surface area contributed by atoms with E-state index in [1.807, 2.05) is 0 Å². The van der Waals surface area contributed by atoms with E-state index in [0.717, 1.165) is 23.1 Å². The molecule has 2 aromatic rings. The van der Waals surface area contributed by atoms with Crippen LogP contribution in [0, 0.1) is 11.7 Å². The molecule has 2 amide bonds. The number of carbonyl (C=O) groups is 2. The molecule has 0 spiro atoms. The van der Waals surface area contributed by atoms with Crippen LogP contribution in [0.3, 0.4) is 0 Å². The molecule has 1 fully saturated rings. The number of benzene rings is 1. The molecule has 6 nitrogen and oxygen atoms in total. The number of hydrogen-bond acceptors (Lipinski definition) is 4. The molecule has 1 N–H and O–H groups in total. The van der Waals surface area contributed by atoms with Crippen LogP contribution >= 0.6 is 0 Å². The van der Waals surface area contributed by atoms with Crippen molar-refractivity contribution in [2.75, 3.05) is 6.54 Å². The maximum Gasteiger partial charge on any atom is 0.277 e. The summed E-state index contributed by atoms with van der Waals surface area (Å²) in [6.07, 6.45) is 1.98. The lowest BCUT2D eigenvalue weighted by Crippen LogP contribution is -2.60. The number of nitrogens with one attached hydrogen (secondary N) is 1. The molecule has 2 aliphatic rings. The van der Waals surface area contributed by atoms with Gasteiger partial charge in [0.1, 0.15) is 11.9 Å². The third-order valence-corrected chi connectivity index (χ3v) is 5.57. The highest BCUT2D eigenvalue weighted by atomic mass is 19.1. The summed E-state index contributed by atoms with van der Waals surface area (Å²) in [7, 11) is 0. The molecule has 1 aromatic carbocycles. The van der Waals surface area contributed by atoms with E-state index in [0.29, 0.717) is 31.1 Å². The molecule has 148 valence electrons. The van der Waals surface area contributed by atoms with Gasteiger partial charge in [-0.15, -0.1) is 0 Å². The average molecular weight is 385 g/mol. The molecular formula is C21H24FN3O3. The zero-order valence-electron chi connectivity index (χ0n) is 16.3. The van der Waals surface area contributed by atoms with Crippen LogP contribution in [0.15, 0.2) is 22.7 Å². The Labute approximate surface area is 163 Å². The van der Waals surface area contributed by atoms with Gasteiger partial charge in [0.25, 0.3) is 5.91 Å². The Kier molecular flexibility index (Phi) is 4.69. The highest BCUT2D eigenvalue weighted by Gasteiger charge is 2.38. The summed E-state index contributed by atoms with van der Waals surface area (Å²) in [6.45, 7) is 6.35. The molecule has 28 heavy (non-hydrogen) atoms. The number of aryl methyl sites for hydroxylation is 1. The zero-order valence-corrected chi connectivity index (χ0v) is 16.3. The van der Waals surface area contributed by atoms with Crippen LogP contribution in [0.4, 0.5) is 4.39 Å². The van der Waals surface area contributed by atoms with Gasteiger partial charge in [0.2, 0.25) is 5.91 Å². The second kappa shape index (κ2) is 7.04. The van der Waals surface area contributed by atoms with E-state index in [-0.39, 0.29) is 29.4 Å². The zero-order chi connectivity index (χ0) is 20.0. The fourth-order valence-electron chi connectivity index (χ4n) is 4.17. The number of rotatable bonds is 3. The van der Waals surface area contributed by atoms with Gasteiger partial charge in [-0.1, -0.05) is 19.0 Å². The topological polar surface area (TPSA) is 75.4 Å². The maximum atomic E-state index is 13.5. The minimum absolute atomic E-state index is 0.0703. The van der Waals surface area contributed by atoms with Crippen molar-refractivity contribution >= 4 is 11.8 Å². The molecular weight excluding hydrogens is 361 g/mol. The van der Waals surface area contributed by atoms with Crippen LogP contribution < -0.4 is 5.32 Å². The van der Waals surface area contributed by atoms with Crippen LogP contribution in [0.25, 0.3) is 11.3 Å². The predicted octanol–water partition coefficient (Wildman–Crippen LogP) is 2.95. The fraction of sp³-hybridized carbons (Fsp3) is 0.476. The number of amides is 2. The summed E-state index contributed by atoms with van der Waals surface area (Å²) >= 11 is 0. The van der Waals surface area contributed by atoms with Gasteiger partial charge in [0.15, 0.2) is 11.5 Å². The first-order valence-corrected chi connectivity index (χ1v) is 9.73. The van der Waals surface area contributed by atoms with E-state index in [1.54, 1.807) is 17.9 Å². The first kappa shape index (κ1) is 18.7. The van der Waals surface area contributed by atoms with Crippen molar-refractivity contribution in [3.8, 4) is 11.3 Å². The number of carbonyl (C=O) groups excluding carboxylic acids is 2. The molecule has 1 aliphatic heterocycles. The minimum atomic E-state index is -0.562. The van der Waals surface area contributed by atoms with E-state index in [1.165, 1.54) is 12.1 Å². The van der Waals surface area contributed by atoms with Crippen molar-refractivity contribution < 1.29 is 18.5 Å². The summed E-state index contributed by atoms with van der Waals surface area (Å²) in [5, 5.41) is 7.04. The van der Waals surface area contributed by atoms with Crippen LogP contribution in [0.1, 0.15) is 48.8 Å². The van der Waals surface area contributed by atoms with E-state index >= 15 is 0 Å². The van der Waals surface area contributed by atoms with E-state index in [9.17, 15) is 14.0 Å². The third-order valence-electron chi connectivity index (χ3n) is 5.57. The van der Waals surface area contributed by atoms with Crippen molar-refractivity contribution in [2.45, 2.75) is 52.1 Å².